The second-order valence-electron chi connectivity index (χ2n) is 8.92. The largest absolute Gasteiger partial charge is 0.348 e. The molecule has 8 nitrogen and oxygen atoms in total. The third kappa shape index (κ3) is 6.15. The van der Waals surface area contributed by atoms with Crippen molar-refractivity contribution in [3.05, 3.63) is 89.5 Å². The van der Waals surface area contributed by atoms with Crippen LogP contribution in [0.3, 0.4) is 0 Å². The first kappa shape index (κ1) is 24.6. The second kappa shape index (κ2) is 10.8. The molecule has 0 radical (unpaired) electrons. The lowest BCUT2D eigenvalue weighted by molar-refractivity contribution is -0.126. The first-order valence-corrected chi connectivity index (χ1v) is 13.3. The van der Waals surface area contributed by atoms with E-state index in [4.69, 9.17) is 5.26 Å². The maximum Gasteiger partial charge on any atom is 0.224 e. The summed E-state index contributed by atoms with van der Waals surface area (Å²) in [7, 11) is -3.50. The van der Waals surface area contributed by atoms with Crippen molar-refractivity contribution < 1.29 is 13.2 Å². The first-order valence-electron chi connectivity index (χ1n) is 11.7. The minimum absolute atomic E-state index is 0.0624. The van der Waals surface area contributed by atoms with Crippen LogP contribution in [0, 0.1) is 17.2 Å². The summed E-state index contributed by atoms with van der Waals surface area (Å²) >= 11 is 0. The van der Waals surface area contributed by atoms with E-state index < -0.39 is 15.9 Å². The van der Waals surface area contributed by atoms with Crippen LogP contribution in [0.2, 0.25) is 0 Å². The molecule has 1 aromatic heterocycles. The fourth-order valence-electron chi connectivity index (χ4n) is 4.40. The van der Waals surface area contributed by atoms with Gasteiger partial charge in [-0.15, -0.1) is 0 Å². The first-order chi connectivity index (χ1) is 16.9. The number of hydrogen-bond donors (Lipinski definition) is 1. The summed E-state index contributed by atoms with van der Waals surface area (Å²) in [6, 6.07) is 18.3. The molecule has 1 amide bonds. The molecule has 0 bridgehead atoms. The molecule has 1 fully saturated rings. The van der Waals surface area contributed by atoms with Gasteiger partial charge in [0.05, 0.1) is 47.6 Å². The molecule has 4 rings (SSSR count). The number of hydrogen-bond acceptors (Lipinski definition) is 5. The van der Waals surface area contributed by atoms with Crippen LogP contribution in [-0.4, -0.2) is 41.3 Å². The molecule has 1 aliphatic rings. The highest BCUT2D eigenvalue weighted by molar-refractivity contribution is 7.88. The SMILES string of the molecule is C[C@H](NC(=O)C1CCCN(S(=O)(=O)Cc2ccccc2)C1)c1cncn1Cc1ccc(C#N)cc1. The van der Waals surface area contributed by atoms with Crippen LogP contribution in [0.25, 0.3) is 0 Å². The van der Waals surface area contributed by atoms with E-state index in [0.29, 0.717) is 31.5 Å². The zero-order chi connectivity index (χ0) is 24.8. The highest BCUT2D eigenvalue weighted by Gasteiger charge is 2.33. The number of nitrogens with zero attached hydrogens (tertiary/aromatic N) is 4. The van der Waals surface area contributed by atoms with Crippen LogP contribution in [0.15, 0.2) is 67.1 Å². The van der Waals surface area contributed by atoms with Gasteiger partial charge < -0.3 is 9.88 Å². The van der Waals surface area contributed by atoms with E-state index in [-0.39, 0.29) is 24.2 Å². The highest BCUT2D eigenvalue weighted by Crippen LogP contribution is 2.23. The van der Waals surface area contributed by atoms with Gasteiger partial charge in [0.25, 0.3) is 0 Å². The van der Waals surface area contributed by atoms with Crippen molar-refractivity contribution >= 4 is 15.9 Å². The summed E-state index contributed by atoms with van der Waals surface area (Å²) in [5.41, 5.74) is 3.22. The third-order valence-electron chi connectivity index (χ3n) is 6.32. The predicted molar refractivity (Wildman–Crippen MR) is 132 cm³/mol. The van der Waals surface area contributed by atoms with Crippen LogP contribution in [0.5, 0.6) is 0 Å². The Morgan fingerprint density at radius 2 is 1.91 bits per heavy atom. The molecule has 1 aliphatic heterocycles. The highest BCUT2D eigenvalue weighted by atomic mass is 32.2. The summed E-state index contributed by atoms with van der Waals surface area (Å²) in [5.74, 6) is -0.609. The molecular weight excluding hydrogens is 462 g/mol. The number of nitrogens with one attached hydrogen (secondary N) is 1. The Labute approximate surface area is 206 Å². The smallest absolute Gasteiger partial charge is 0.224 e. The number of amides is 1. The van der Waals surface area contributed by atoms with E-state index in [1.165, 1.54) is 4.31 Å². The van der Waals surface area contributed by atoms with E-state index in [9.17, 15) is 13.2 Å². The molecule has 2 heterocycles. The van der Waals surface area contributed by atoms with Gasteiger partial charge in [0.1, 0.15) is 0 Å². The molecule has 2 atom stereocenters. The van der Waals surface area contributed by atoms with E-state index in [1.54, 1.807) is 36.8 Å². The van der Waals surface area contributed by atoms with Gasteiger partial charge in [-0.2, -0.15) is 5.26 Å². The Morgan fingerprint density at radius 3 is 2.63 bits per heavy atom. The van der Waals surface area contributed by atoms with Gasteiger partial charge in [-0.25, -0.2) is 17.7 Å². The molecule has 0 aliphatic carbocycles. The second-order valence-corrected chi connectivity index (χ2v) is 10.9. The van der Waals surface area contributed by atoms with E-state index in [2.05, 4.69) is 16.4 Å². The molecule has 3 aromatic rings. The number of piperidine rings is 1. The van der Waals surface area contributed by atoms with Crippen LogP contribution in [0.4, 0.5) is 0 Å². The minimum Gasteiger partial charge on any atom is -0.348 e. The summed E-state index contributed by atoms with van der Waals surface area (Å²) in [6.45, 7) is 3.09. The minimum atomic E-state index is -3.50. The standard InChI is InChI=1S/C26H29N5O3S/c1-20(25-15-28-19-30(25)16-22-11-9-21(14-27)10-12-22)29-26(32)24-8-5-13-31(17-24)35(33,34)18-23-6-3-2-4-7-23/h2-4,6-7,9-12,15,19-20,24H,5,8,13,16-18H2,1H3,(H,29,32)/t20-,24?/m0/s1. The normalized spacial score (nSPS) is 17.4. The van der Waals surface area contributed by atoms with Crippen molar-refractivity contribution in [1.29, 1.82) is 5.26 Å². The third-order valence-corrected chi connectivity index (χ3v) is 8.14. The number of imidazole rings is 1. The van der Waals surface area contributed by atoms with E-state index >= 15 is 0 Å². The van der Waals surface area contributed by atoms with Crippen molar-refractivity contribution in [1.82, 2.24) is 19.2 Å². The number of nitriles is 1. The maximum atomic E-state index is 13.1. The predicted octanol–water partition coefficient (Wildman–Crippen LogP) is 3.22. The monoisotopic (exact) mass is 491 g/mol. The molecule has 1 saturated heterocycles. The number of benzene rings is 2. The maximum absolute atomic E-state index is 13.1. The lowest BCUT2D eigenvalue weighted by Gasteiger charge is -2.32. The van der Waals surface area contributed by atoms with Gasteiger partial charge in [0, 0.05) is 19.6 Å². The fraction of sp³-hybridized carbons (Fsp3) is 0.346. The van der Waals surface area contributed by atoms with Crippen LogP contribution in [0.1, 0.15) is 48.2 Å². The Hall–Kier alpha value is -3.48. The van der Waals surface area contributed by atoms with Crippen LogP contribution < -0.4 is 5.32 Å². The fourth-order valence-corrected chi connectivity index (χ4v) is 6.01. The van der Waals surface area contributed by atoms with Crippen LogP contribution in [-0.2, 0) is 27.1 Å². The average molecular weight is 492 g/mol. The Morgan fingerprint density at radius 1 is 1.17 bits per heavy atom. The summed E-state index contributed by atoms with van der Waals surface area (Å²) in [4.78, 5) is 17.3. The van der Waals surface area contributed by atoms with Crippen molar-refractivity contribution in [2.24, 2.45) is 5.92 Å². The van der Waals surface area contributed by atoms with Gasteiger partial charge in [-0.3, -0.25) is 4.79 Å². The molecule has 1 unspecified atom stereocenters. The van der Waals surface area contributed by atoms with Gasteiger partial charge in [0.2, 0.25) is 15.9 Å². The Kier molecular flexibility index (Phi) is 7.63. The topological polar surface area (TPSA) is 108 Å². The Balaban J connectivity index is 1.38. The van der Waals surface area contributed by atoms with Gasteiger partial charge >= 0.3 is 0 Å². The van der Waals surface area contributed by atoms with Gasteiger partial charge in [-0.1, -0.05) is 42.5 Å². The Bertz CT molecular complexity index is 1300. The number of sulfonamides is 1. The summed E-state index contributed by atoms with van der Waals surface area (Å²) in [5, 5.41) is 12.0. The van der Waals surface area contributed by atoms with E-state index in [0.717, 1.165) is 16.8 Å². The number of aromatic nitrogens is 2. The lowest BCUT2D eigenvalue weighted by atomic mass is 9.98. The zero-order valence-electron chi connectivity index (χ0n) is 19.7. The molecular formula is C26H29N5O3S. The number of carbonyl (C=O) groups is 1. The van der Waals surface area contributed by atoms with Crippen molar-refractivity contribution in [3.8, 4) is 6.07 Å². The molecule has 9 heteroatoms. The molecule has 0 saturated carbocycles. The van der Waals surface area contributed by atoms with Gasteiger partial charge in [-0.05, 0) is 43.0 Å². The van der Waals surface area contributed by atoms with Crippen LogP contribution >= 0.6 is 0 Å². The lowest BCUT2D eigenvalue weighted by Crippen LogP contribution is -2.46. The zero-order valence-corrected chi connectivity index (χ0v) is 20.5. The summed E-state index contributed by atoms with van der Waals surface area (Å²) < 4.78 is 29.3. The quantitative estimate of drug-likeness (QED) is 0.521. The van der Waals surface area contributed by atoms with Crippen molar-refractivity contribution in [2.75, 3.05) is 13.1 Å². The summed E-state index contributed by atoms with van der Waals surface area (Å²) in [6.07, 6.45) is 4.75. The number of carbonyl (C=O) groups excluding carboxylic acids is 1. The molecule has 182 valence electrons. The van der Waals surface area contributed by atoms with Gasteiger partial charge in [0.15, 0.2) is 0 Å². The molecule has 0 spiro atoms. The molecule has 35 heavy (non-hydrogen) atoms. The van der Waals surface area contributed by atoms with Crippen molar-refractivity contribution in [3.63, 3.8) is 0 Å². The number of rotatable bonds is 8. The molecule has 1 N–H and O–H groups in total. The van der Waals surface area contributed by atoms with E-state index in [1.807, 2.05) is 41.8 Å². The average Bonchev–Trinajstić information content (AvgIpc) is 3.33. The van der Waals surface area contributed by atoms with Crippen molar-refractivity contribution in [2.45, 2.75) is 38.1 Å². The molecule has 2 aromatic carbocycles.